The van der Waals surface area contributed by atoms with Crippen molar-refractivity contribution in [3.63, 3.8) is 0 Å². The van der Waals surface area contributed by atoms with Gasteiger partial charge in [0.15, 0.2) is 0 Å². The summed E-state index contributed by atoms with van der Waals surface area (Å²) in [7, 11) is 0. The van der Waals surface area contributed by atoms with E-state index in [0.717, 1.165) is 0 Å². The number of amides is 2. The number of anilines is 1. The maximum absolute atomic E-state index is 13.0. The lowest BCUT2D eigenvalue weighted by Gasteiger charge is -2.34. The van der Waals surface area contributed by atoms with Crippen LogP contribution in [0.5, 0.6) is 0 Å². The lowest BCUT2D eigenvalue weighted by molar-refractivity contribution is -0.130. The van der Waals surface area contributed by atoms with Crippen LogP contribution in [0.4, 0.5) is 10.1 Å². The number of halogens is 2. The third-order valence-electron chi connectivity index (χ3n) is 5.02. The Labute approximate surface area is 199 Å². The molecule has 1 aliphatic heterocycles. The van der Waals surface area contributed by atoms with E-state index in [9.17, 15) is 14.0 Å². The first-order chi connectivity index (χ1) is 16.0. The fourth-order valence-electron chi connectivity index (χ4n) is 3.31. The van der Waals surface area contributed by atoms with Crippen molar-refractivity contribution in [1.82, 2.24) is 20.0 Å². The van der Waals surface area contributed by atoms with E-state index >= 15 is 0 Å². The van der Waals surface area contributed by atoms with E-state index in [1.165, 1.54) is 36.0 Å². The zero-order valence-corrected chi connectivity index (χ0v) is 19.1. The number of piperazine rings is 1. The molecule has 3 aromatic rings. The van der Waals surface area contributed by atoms with E-state index in [1.54, 1.807) is 23.1 Å². The molecule has 0 unspecified atom stereocenters. The summed E-state index contributed by atoms with van der Waals surface area (Å²) in [6.45, 7) is 2.45. The van der Waals surface area contributed by atoms with Crippen molar-refractivity contribution in [2.45, 2.75) is 5.22 Å². The highest BCUT2D eigenvalue weighted by Gasteiger charge is 2.23. The third-order valence-corrected chi connectivity index (χ3v) is 6.06. The maximum atomic E-state index is 13.0. The van der Waals surface area contributed by atoms with Crippen molar-refractivity contribution in [3.8, 4) is 11.5 Å². The number of nitrogens with one attached hydrogen (secondary N) is 1. The Kier molecular flexibility index (Phi) is 7.58. The minimum Gasteiger partial charge on any atom is -0.411 e. The number of carbonyl (C=O) groups excluding carboxylic acids is 2. The summed E-state index contributed by atoms with van der Waals surface area (Å²) in [4.78, 5) is 28.5. The van der Waals surface area contributed by atoms with E-state index in [-0.39, 0.29) is 29.9 Å². The van der Waals surface area contributed by atoms with Crippen LogP contribution >= 0.6 is 23.4 Å². The molecular formula is C22H21ClFN5O3S. The predicted molar refractivity (Wildman–Crippen MR) is 124 cm³/mol. The van der Waals surface area contributed by atoms with Crippen molar-refractivity contribution in [2.24, 2.45) is 0 Å². The number of nitrogens with zero attached hydrogens (tertiary/aromatic N) is 4. The minimum absolute atomic E-state index is 0.0297. The molecule has 1 aliphatic rings. The second-order valence-electron chi connectivity index (χ2n) is 7.38. The summed E-state index contributed by atoms with van der Waals surface area (Å²) in [6.07, 6.45) is 0. The summed E-state index contributed by atoms with van der Waals surface area (Å²) in [6, 6.07) is 12.7. The van der Waals surface area contributed by atoms with Gasteiger partial charge in [-0.25, -0.2) is 4.39 Å². The second-order valence-corrected chi connectivity index (χ2v) is 8.75. The van der Waals surface area contributed by atoms with Crippen molar-refractivity contribution >= 4 is 40.9 Å². The van der Waals surface area contributed by atoms with Crippen LogP contribution in [0.3, 0.4) is 0 Å². The zero-order valence-electron chi connectivity index (χ0n) is 17.5. The highest BCUT2D eigenvalue weighted by atomic mass is 35.5. The van der Waals surface area contributed by atoms with E-state index in [1.807, 2.05) is 11.0 Å². The molecule has 0 bridgehead atoms. The molecule has 4 rings (SSSR count). The van der Waals surface area contributed by atoms with Gasteiger partial charge < -0.3 is 14.6 Å². The molecule has 2 heterocycles. The molecule has 2 aromatic carbocycles. The molecule has 172 valence electrons. The number of hydrogen-bond acceptors (Lipinski definition) is 7. The van der Waals surface area contributed by atoms with Gasteiger partial charge in [0.1, 0.15) is 5.82 Å². The Bertz CT molecular complexity index is 1120. The molecule has 8 nitrogen and oxygen atoms in total. The van der Waals surface area contributed by atoms with Crippen LogP contribution in [-0.4, -0.2) is 70.3 Å². The average molecular weight is 490 g/mol. The Morgan fingerprint density at radius 3 is 2.58 bits per heavy atom. The quantitative estimate of drug-likeness (QED) is 0.508. The number of benzene rings is 2. The van der Waals surface area contributed by atoms with Crippen LogP contribution in [0.25, 0.3) is 11.5 Å². The molecule has 33 heavy (non-hydrogen) atoms. The zero-order chi connectivity index (χ0) is 23.2. The van der Waals surface area contributed by atoms with E-state index in [0.29, 0.717) is 53.6 Å². The summed E-state index contributed by atoms with van der Waals surface area (Å²) in [5, 5.41) is 11.6. The average Bonchev–Trinajstić information content (AvgIpc) is 3.29. The largest absolute Gasteiger partial charge is 0.411 e. The summed E-state index contributed by atoms with van der Waals surface area (Å²) < 4.78 is 18.6. The molecule has 0 radical (unpaired) electrons. The van der Waals surface area contributed by atoms with E-state index in [4.69, 9.17) is 16.0 Å². The van der Waals surface area contributed by atoms with Gasteiger partial charge >= 0.3 is 0 Å². The minimum atomic E-state index is -0.354. The van der Waals surface area contributed by atoms with Gasteiger partial charge in [0, 0.05) is 42.5 Å². The standard InChI is InChI=1S/C22H21ClFN5O3S/c23-16-3-1-2-15(12-16)21-26-27-22(32-21)33-14-20(31)29-10-8-28(9-11-29)13-19(30)25-18-6-4-17(24)5-7-18/h1-7,12H,8-11,13-14H2,(H,25,30). The Morgan fingerprint density at radius 2 is 1.85 bits per heavy atom. The van der Waals surface area contributed by atoms with Crippen LogP contribution in [0.2, 0.25) is 5.02 Å². The molecule has 0 spiro atoms. The van der Waals surface area contributed by atoms with Crippen molar-refractivity contribution in [1.29, 1.82) is 0 Å². The van der Waals surface area contributed by atoms with Crippen LogP contribution in [-0.2, 0) is 9.59 Å². The molecular weight excluding hydrogens is 469 g/mol. The lowest BCUT2D eigenvalue weighted by atomic mass is 10.2. The first kappa shape index (κ1) is 23.2. The summed E-state index contributed by atoms with van der Waals surface area (Å²) >= 11 is 7.17. The first-order valence-electron chi connectivity index (χ1n) is 10.2. The smallest absolute Gasteiger partial charge is 0.277 e. The van der Waals surface area contributed by atoms with Crippen LogP contribution in [0, 0.1) is 5.82 Å². The molecule has 1 aromatic heterocycles. The topological polar surface area (TPSA) is 91.6 Å². The van der Waals surface area contributed by atoms with E-state index < -0.39 is 0 Å². The Hall–Kier alpha value is -2.95. The Morgan fingerprint density at radius 1 is 1.09 bits per heavy atom. The number of carbonyl (C=O) groups is 2. The van der Waals surface area contributed by atoms with Gasteiger partial charge in [0.05, 0.1) is 12.3 Å². The highest BCUT2D eigenvalue weighted by Crippen LogP contribution is 2.25. The predicted octanol–water partition coefficient (Wildman–Crippen LogP) is 3.40. The highest BCUT2D eigenvalue weighted by molar-refractivity contribution is 7.99. The number of hydrogen-bond donors (Lipinski definition) is 1. The maximum Gasteiger partial charge on any atom is 0.277 e. The number of thioether (sulfide) groups is 1. The molecule has 0 aliphatic carbocycles. The molecule has 1 saturated heterocycles. The van der Waals surface area contributed by atoms with Crippen LogP contribution < -0.4 is 5.32 Å². The second kappa shape index (κ2) is 10.8. The van der Waals surface area contributed by atoms with E-state index in [2.05, 4.69) is 15.5 Å². The molecule has 0 saturated carbocycles. The van der Waals surface area contributed by atoms with Gasteiger partial charge in [0.25, 0.3) is 5.22 Å². The molecule has 0 atom stereocenters. The monoisotopic (exact) mass is 489 g/mol. The lowest BCUT2D eigenvalue weighted by Crippen LogP contribution is -2.50. The Balaban J connectivity index is 1.19. The SMILES string of the molecule is O=C(CN1CCN(C(=O)CSc2nnc(-c3cccc(Cl)c3)o2)CC1)Nc1ccc(F)cc1. The van der Waals surface area contributed by atoms with Crippen LogP contribution in [0.15, 0.2) is 58.2 Å². The van der Waals surface area contributed by atoms with Gasteiger partial charge in [-0.1, -0.05) is 29.4 Å². The van der Waals surface area contributed by atoms with Gasteiger partial charge in [-0.05, 0) is 42.5 Å². The van der Waals surface area contributed by atoms with Gasteiger partial charge in [-0.15, -0.1) is 10.2 Å². The fourth-order valence-corrected chi connectivity index (χ4v) is 4.17. The normalized spacial score (nSPS) is 14.3. The molecule has 1 fully saturated rings. The van der Waals surface area contributed by atoms with Crippen LogP contribution in [0.1, 0.15) is 0 Å². The number of rotatable bonds is 7. The summed E-state index contributed by atoms with van der Waals surface area (Å²) in [5.74, 6) is -0.0308. The van der Waals surface area contributed by atoms with Gasteiger partial charge in [-0.2, -0.15) is 0 Å². The molecule has 1 N–H and O–H groups in total. The molecule has 11 heteroatoms. The third kappa shape index (κ3) is 6.53. The summed E-state index contributed by atoms with van der Waals surface area (Å²) in [5.41, 5.74) is 1.26. The molecule has 2 amide bonds. The number of aromatic nitrogens is 2. The van der Waals surface area contributed by atoms with Crippen molar-refractivity contribution in [3.05, 3.63) is 59.4 Å². The van der Waals surface area contributed by atoms with Crippen molar-refractivity contribution < 1.29 is 18.4 Å². The van der Waals surface area contributed by atoms with Crippen molar-refractivity contribution in [2.75, 3.05) is 43.8 Å². The first-order valence-corrected chi connectivity index (χ1v) is 11.6. The van der Waals surface area contributed by atoms with Gasteiger partial charge in [-0.3, -0.25) is 14.5 Å². The fraction of sp³-hybridized carbons (Fsp3) is 0.273. The van der Waals surface area contributed by atoms with Gasteiger partial charge in [0.2, 0.25) is 17.7 Å².